The van der Waals surface area contributed by atoms with E-state index in [2.05, 4.69) is 0 Å². The lowest BCUT2D eigenvalue weighted by atomic mass is 9.95. The number of nitrogens with two attached hydrogens (primary N) is 1. The molecule has 0 radical (unpaired) electrons. The Labute approximate surface area is 113 Å². The van der Waals surface area contributed by atoms with E-state index in [4.69, 9.17) is 15.2 Å². The molecule has 1 aromatic carbocycles. The lowest BCUT2D eigenvalue weighted by Crippen LogP contribution is -2.33. The Morgan fingerprint density at radius 1 is 1.26 bits per heavy atom. The van der Waals surface area contributed by atoms with Gasteiger partial charge in [0, 0.05) is 13.5 Å². The van der Waals surface area contributed by atoms with Crippen molar-refractivity contribution in [1.82, 2.24) is 0 Å². The highest BCUT2D eigenvalue weighted by Gasteiger charge is 2.27. The molecule has 1 aliphatic rings. The number of hydrogen-bond donors (Lipinski definition) is 1. The van der Waals surface area contributed by atoms with Crippen LogP contribution in [0.3, 0.4) is 0 Å². The topological polar surface area (TPSA) is 61.5 Å². The van der Waals surface area contributed by atoms with E-state index >= 15 is 0 Å². The fourth-order valence-electron chi connectivity index (χ4n) is 2.46. The van der Waals surface area contributed by atoms with Gasteiger partial charge in [-0.25, -0.2) is 4.79 Å². The van der Waals surface area contributed by atoms with Crippen molar-refractivity contribution in [3.8, 4) is 0 Å². The van der Waals surface area contributed by atoms with Gasteiger partial charge in [0.1, 0.15) is 12.1 Å². The van der Waals surface area contributed by atoms with Crippen LogP contribution in [0.25, 0.3) is 0 Å². The maximum Gasteiger partial charge on any atom is 0.327 e. The van der Waals surface area contributed by atoms with Crippen molar-refractivity contribution < 1.29 is 14.3 Å². The van der Waals surface area contributed by atoms with Crippen LogP contribution in [0.4, 0.5) is 0 Å². The van der Waals surface area contributed by atoms with E-state index in [1.54, 1.807) is 7.11 Å². The van der Waals surface area contributed by atoms with Gasteiger partial charge in [-0.3, -0.25) is 0 Å². The second kappa shape index (κ2) is 6.68. The molecular weight excluding hydrogens is 242 g/mol. The van der Waals surface area contributed by atoms with Crippen LogP contribution in [-0.2, 0) is 14.3 Å². The molecule has 0 aromatic heterocycles. The van der Waals surface area contributed by atoms with E-state index in [0.717, 1.165) is 31.2 Å². The van der Waals surface area contributed by atoms with Crippen LogP contribution in [0, 0.1) is 0 Å². The predicted octanol–water partition coefficient (Wildman–Crippen LogP) is 2.19. The quantitative estimate of drug-likeness (QED) is 0.846. The summed E-state index contributed by atoms with van der Waals surface area (Å²) in [6.45, 7) is 0. The molecule has 2 unspecified atom stereocenters. The summed E-state index contributed by atoms with van der Waals surface area (Å²) in [6.07, 6.45) is 3.85. The number of carbonyl (C=O) groups excluding carboxylic acids is 1. The van der Waals surface area contributed by atoms with Crippen LogP contribution < -0.4 is 5.73 Å². The smallest absolute Gasteiger partial charge is 0.327 e. The SMILES string of the molecule is COC1CCCC(OC(=O)[C@@H](N)c2ccccc2)C1. The van der Waals surface area contributed by atoms with Gasteiger partial charge in [0.25, 0.3) is 0 Å². The van der Waals surface area contributed by atoms with Crippen molar-refractivity contribution in [3.05, 3.63) is 35.9 Å². The Balaban J connectivity index is 1.90. The van der Waals surface area contributed by atoms with E-state index in [9.17, 15) is 4.79 Å². The molecule has 19 heavy (non-hydrogen) atoms. The third kappa shape index (κ3) is 3.78. The van der Waals surface area contributed by atoms with Crippen molar-refractivity contribution in [2.24, 2.45) is 5.73 Å². The van der Waals surface area contributed by atoms with Crippen LogP contribution in [-0.4, -0.2) is 25.3 Å². The number of benzene rings is 1. The number of esters is 1. The molecule has 3 atom stereocenters. The molecule has 4 heteroatoms. The second-order valence-corrected chi connectivity index (χ2v) is 4.97. The van der Waals surface area contributed by atoms with Crippen LogP contribution in [0.1, 0.15) is 37.3 Å². The molecular formula is C15H21NO3. The second-order valence-electron chi connectivity index (χ2n) is 4.97. The zero-order chi connectivity index (χ0) is 13.7. The standard InChI is InChI=1S/C15H21NO3/c1-18-12-8-5-9-13(10-12)19-15(17)14(16)11-6-3-2-4-7-11/h2-4,6-7,12-14H,5,8-10,16H2,1H3/t12?,13?,14-/m0/s1. The first-order valence-corrected chi connectivity index (χ1v) is 6.74. The van der Waals surface area contributed by atoms with Crippen LogP contribution in [0.2, 0.25) is 0 Å². The minimum atomic E-state index is -0.705. The maximum absolute atomic E-state index is 12.0. The van der Waals surface area contributed by atoms with Gasteiger partial charge in [-0.05, 0) is 24.8 Å². The molecule has 104 valence electrons. The Kier molecular flexibility index (Phi) is 4.93. The van der Waals surface area contributed by atoms with Crippen molar-refractivity contribution in [2.45, 2.75) is 43.9 Å². The fourth-order valence-corrected chi connectivity index (χ4v) is 2.46. The lowest BCUT2D eigenvalue weighted by molar-refractivity contribution is -0.154. The lowest BCUT2D eigenvalue weighted by Gasteiger charge is -2.28. The van der Waals surface area contributed by atoms with E-state index < -0.39 is 6.04 Å². The third-order valence-electron chi connectivity index (χ3n) is 3.61. The zero-order valence-corrected chi connectivity index (χ0v) is 11.2. The van der Waals surface area contributed by atoms with Gasteiger partial charge < -0.3 is 15.2 Å². The number of methoxy groups -OCH3 is 1. The first-order chi connectivity index (χ1) is 9.20. The zero-order valence-electron chi connectivity index (χ0n) is 11.2. The Bertz CT molecular complexity index is 407. The summed E-state index contributed by atoms with van der Waals surface area (Å²) in [5, 5.41) is 0. The van der Waals surface area contributed by atoms with Gasteiger partial charge in [-0.15, -0.1) is 0 Å². The molecule has 0 bridgehead atoms. The third-order valence-corrected chi connectivity index (χ3v) is 3.61. The van der Waals surface area contributed by atoms with Crippen molar-refractivity contribution in [1.29, 1.82) is 0 Å². The van der Waals surface area contributed by atoms with Crippen molar-refractivity contribution in [2.75, 3.05) is 7.11 Å². The summed E-state index contributed by atoms with van der Waals surface area (Å²) in [6, 6.07) is 8.60. The van der Waals surface area contributed by atoms with Gasteiger partial charge in [0.05, 0.1) is 6.10 Å². The highest BCUT2D eigenvalue weighted by atomic mass is 16.5. The van der Waals surface area contributed by atoms with Gasteiger partial charge >= 0.3 is 5.97 Å². The Hall–Kier alpha value is -1.39. The van der Waals surface area contributed by atoms with E-state index in [1.807, 2.05) is 30.3 Å². The number of carbonyl (C=O) groups is 1. The Morgan fingerprint density at radius 3 is 2.63 bits per heavy atom. The average Bonchev–Trinajstić information content (AvgIpc) is 2.47. The number of ether oxygens (including phenoxy) is 2. The molecule has 0 heterocycles. The van der Waals surface area contributed by atoms with E-state index in [-0.39, 0.29) is 18.2 Å². The monoisotopic (exact) mass is 263 g/mol. The summed E-state index contributed by atoms with van der Waals surface area (Å²) in [7, 11) is 1.70. The molecule has 1 aliphatic carbocycles. The molecule has 2 N–H and O–H groups in total. The molecule has 0 saturated heterocycles. The fraction of sp³-hybridized carbons (Fsp3) is 0.533. The Morgan fingerprint density at radius 2 is 1.95 bits per heavy atom. The summed E-state index contributed by atoms with van der Waals surface area (Å²) < 4.78 is 10.8. The summed E-state index contributed by atoms with van der Waals surface area (Å²) in [4.78, 5) is 12.0. The summed E-state index contributed by atoms with van der Waals surface area (Å²) in [5.41, 5.74) is 6.70. The summed E-state index contributed by atoms with van der Waals surface area (Å²) in [5.74, 6) is -0.354. The number of hydrogen-bond acceptors (Lipinski definition) is 4. The average molecular weight is 263 g/mol. The van der Waals surface area contributed by atoms with Gasteiger partial charge in [-0.1, -0.05) is 30.3 Å². The molecule has 2 rings (SSSR count). The van der Waals surface area contributed by atoms with Gasteiger partial charge in [0.2, 0.25) is 0 Å². The molecule has 1 fully saturated rings. The van der Waals surface area contributed by atoms with E-state index in [1.165, 1.54) is 0 Å². The maximum atomic E-state index is 12.0. The minimum Gasteiger partial charge on any atom is -0.461 e. The molecule has 0 aliphatic heterocycles. The largest absolute Gasteiger partial charge is 0.461 e. The van der Waals surface area contributed by atoms with Crippen molar-refractivity contribution >= 4 is 5.97 Å². The normalized spacial score (nSPS) is 24.7. The molecule has 1 saturated carbocycles. The molecule has 1 aromatic rings. The highest BCUT2D eigenvalue weighted by Crippen LogP contribution is 2.24. The number of rotatable bonds is 4. The first-order valence-electron chi connectivity index (χ1n) is 6.74. The minimum absolute atomic E-state index is 0.0686. The van der Waals surface area contributed by atoms with Crippen molar-refractivity contribution in [3.63, 3.8) is 0 Å². The van der Waals surface area contributed by atoms with Crippen LogP contribution in [0.5, 0.6) is 0 Å². The summed E-state index contributed by atoms with van der Waals surface area (Å²) >= 11 is 0. The van der Waals surface area contributed by atoms with Gasteiger partial charge in [0.15, 0.2) is 0 Å². The van der Waals surface area contributed by atoms with E-state index in [0.29, 0.717) is 0 Å². The van der Waals surface area contributed by atoms with Gasteiger partial charge in [-0.2, -0.15) is 0 Å². The first kappa shape index (κ1) is 14.0. The van der Waals surface area contributed by atoms with Crippen LogP contribution in [0.15, 0.2) is 30.3 Å². The van der Waals surface area contributed by atoms with Crippen LogP contribution >= 0.6 is 0 Å². The molecule has 0 spiro atoms. The predicted molar refractivity (Wildman–Crippen MR) is 72.5 cm³/mol. The highest BCUT2D eigenvalue weighted by molar-refractivity contribution is 5.77. The molecule has 0 amide bonds. The molecule has 4 nitrogen and oxygen atoms in total.